The van der Waals surface area contributed by atoms with Crippen LogP contribution in [0.3, 0.4) is 0 Å². The third-order valence-electron chi connectivity index (χ3n) is 4.42. The van der Waals surface area contributed by atoms with E-state index in [-0.39, 0.29) is 0 Å². The van der Waals surface area contributed by atoms with Gasteiger partial charge >= 0.3 is 0 Å². The fourth-order valence-corrected chi connectivity index (χ4v) is 3.26. The van der Waals surface area contributed by atoms with Gasteiger partial charge in [0, 0.05) is 23.1 Å². The number of fused-ring (bicyclic) bond motifs is 2. The van der Waals surface area contributed by atoms with E-state index in [0.717, 1.165) is 48.0 Å². The number of hydrogen-bond acceptors (Lipinski definition) is 4. The standard InChI is InChI=1S/C18H14N4O/c1-2-14-9-19-17(12-3-4-16-11(7-12)5-6-23-16)15(14)8-13(1)18-20-10-21-22-18/h1-4,7-8,10H,5-6,9H2,(H,20,21,22). The van der Waals surface area contributed by atoms with Gasteiger partial charge in [0.15, 0.2) is 5.82 Å². The Bertz CT molecular complexity index is 928. The van der Waals surface area contributed by atoms with Crippen LogP contribution in [0.4, 0.5) is 0 Å². The zero-order chi connectivity index (χ0) is 15.2. The quantitative estimate of drug-likeness (QED) is 0.791. The van der Waals surface area contributed by atoms with Crippen LogP contribution >= 0.6 is 0 Å². The lowest BCUT2D eigenvalue weighted by Crippen LogP contribution is -2.02. The zero-order valence-electron chi connectivity index (χ0n) is 12.4. The SMILES string of the molecule is c1n[nH]c(-c2ccc3c(c2)C(c2ccc4c(c2)CCO4)=NC3)n1. The van der Waals surface area contributed by atoms with Crippen LogP contribution in [0.1, 0.15) is 22.3 Å². The maximum absolute atomic E-state index is 5.59. The lowest BCUT2D eigenvalue weighted by atomic mass is 9.96. The molecule has 2 aliphatic heterocycles. The minimum atomic E-state index is 0.731. The van der Waals surface area contributed by atoms with Crippen LogP contribution in [0.25, 0.3) is 11.4 Å². The molecule has 0 spiro atoms. The summed E-state index contributed by atoms with van der Waals surface area (Å²) in [5.74, 6) is 1.78. The Morgan fingerprint density at radius 3 is 2.87 bits per heavy atom. The number of aliphatic imine (C=N–C) groups is 1. The highest BCUT2D eigenvalue weighted by Crippen LogP contribution is 2.31. The van der Waals surface area contributed by atoms with Gasteiger partial charge in [-0.1, -0.05) is 12.1 Å². The molecule has 1 aromatic heterocycles. The van der Waals surface area contributed by atoms with Crippen molar-refractivity contribution < 1.29 is 4.74 Å². The number of rotatable bonds is 2. The van der Waals surface area contributed by atoms with E-state index in [0.29, 0.717) is 0 Å². The van der Waals surface area contributed by atoms with Gasteiger partial charge in [-0.15, -0.1) is 0 Å². The van der Waals surface area contributed by atoms with Crippen molar-refractivity contribution in [2.45, 2.75) is 13.0 Å². The van der Waals surface area contributed by atoms with E-state index < -0.39 is 0 Å². The monoisotopic (exact) mass is 302 g/mol. The zero-order valence-corrected chi connectivity index (χ0v) is 12.4. The van der Waals surface area contributed by atoms with Crippen LogP contribution in [0.15, 0.2) is 47.7 Å². The van der Waals surface area contributed by atoms with E-state index in [9.17, 15) is 0 Å². The number of H-pyrrole nitrogens is 1. The highest BCUT2D eigenvalue weighted by Gasteiger charge is 2.21. The first-order valence-electron chi connectivity index (χ1n) is 7.68. The minimum Gasteiger partial charge on any atom is -0.493 e. The van der Waals surface area contributed by atoms with Crippen molar-refractivity contribution in [2.24, 2.45) is 4.99 Å². The molecule has 3 aromatic rings. The summed E-state index contributed by atoms with van der Waals surface area (Å²) in [6.07, 6.45) is 2.50. The summed E-state index contributed by atoms with van der Waals surface area (Å²) < 4.78 is 5.59. The molecule has 5 heteroatoms. The summed E-state index contributed by atoms with van der Waals surface area (Å²) in [6.45, 7) is 1.51. The molecule has 0 unspecified atom stereocenters. The van der Waals surface area contributed by atoms with Crippen molar-refractivity contribution in [3.8, 4) is 17.1 Å². The molecule has 1 N–H and O–H groups in total. The molecule has 112 valence electrons. The molecule has 0 fully saturated rings. The average molecular weight is 302 g/mol. The van der Waals surface area contributed by atoms with Crippen LogP contribution < -0.4 is 4.74 Å². The second-order valence-corrected chi connectivity index (χ2v) is 5.79. The maximum Gasteiger partial charge on any atom is 0.155 e. The fraction of sp³-hybridized carbons (Fsp3) is 0.167. The van der Waals surface area contributed by atoms with Crippen LogP contribution in [0.5, 0.6) is 5.75 Å². The van der Waals surface area contributed by atoms with Gasteiger partial charge in [0.2, 0.25) is 0 Å². The van der Waals surface area contributed by atoms with Crippen molar-refractivity contribution in [1.82, 2.24) is 15.2 Å². The molecule has 0 amide bonds. The number of nitrogens with one attached hydrogen (secondary N) is 1. The van der Waals surface area contributed by atoms with E-state index in [1.54, 1.807) is 0 Å². The summed E-state index contributed by atoms with van der Waals surface area (Å²) in [4.78, 5) is 8.99. The lowest BCUT2D eigenvalue weighted by molar-refractivity contribution is 0.357. The molecule has 2 aliphatic rings. The van der Waals surface area contributed by atoms with E-state index in [1.165, 1.54) is 23.0 Å². The first-order valence-corrected chi connectivity index (χ1v) is 7.68. The van der Waals surface area contributed by atoms with Crippen molar-refractivity contribution in [2.75, 3.05) is 6.61 Å². The lowest BCUT2D eigenvalue weighted by Gasteiger charge is -2.07. The van der Waals surface area contributed by atoms with E-state index in [4.69, 9.17) is 9.73 Å². The summed E-state index contributed by atoms with van der Waals surface area (Å²) in [5.41, 5.74) is 6.93. The fourth-order valence-electron chi connectivity index (χ4n) is 3.26. The topological polar surface area (TPSA) is 63.2 Å². The third-order valence-corrected chi connectivity index (χ3v) is 4.42. The van der Waals surface area contributed by atoms with Gasteiger partial charge in [-0.3, -0.25) is 10.1 Å². The number of hydrogen-bond donors (Lipinski definition) is 1. The van der Waals surface area contributed by atoms with Crippen LogP contribution in [-0.4, -0.2) is 27.5 Å². The molecule has 0 atom stereocenters. The molecular weight excluding hydrogens is 288 g/mol. The predicted octanol–water partition coefficient (Wildman–Crippen LogP) is 2.76. The predicted molar refractivity (Wildman–Crippen MR) is 86.8 cm³/mol. The van der Waals surface area contributed by atoms with Gasteiger partial charge in [-0.05, 0) is 35.4 Å². The molecule has 23 heavy (non-hydrogen) atoms. The van der Waals surface area contributed by atoms with Crippen molar-refractivity contribution in [1.29, 1.82) is 0 Å². The van der Waals surface area contributed by atoms with Crippen molar-refractivity contribution in [3.63, 3.8) is 0 Å². The Balaban J connectivity index is 1.59. The van der Waals surface area contributed by atoms with Crippen LogP contribution in [0.2, 0.25) is 0 Å². The molecule has 3 heterocycles. The van der Waals surface area contributed by atoms with Gasteiger partial charge in [-0.2, -0.15) is 5.10 Å². The van der Waals surface area contributed by atoms with Crippen LogP contribution in [-0.2, 0) is 13.0 Å². The van der Waals surface area contributed by atoms with E-state index in [1.807, 2.05) is 0 Å². The summed E-state index contributed by atoms with van der Waals surface area (Å²) >= 11 is 0. The van der Waals surface area contributed by atoms with Crippen LogP contribution in [0, 0.1) is 0 Å². The summed E-state index contributed by atoms with van der Waals surface area (Å²) in [5, 5.41) is 6.84. The highest BCUT2D eigenvalue weighted by atomic mass is 16.5. The second-order valence-electron chi connectivity index (χ2n) is 5.79. The summed E-state index contributed by atoms with van der Waals surface area (Å²) in [6, 6.07) is 12.7. The second kappa shape index (κ2) is 4.78. The smallest absolute Gasteiger partial charge is 0.155 e. The summed E-state index contributed by atoms with van der Waals surface area (Å²) in [7, 11) is 0. The van der Waals surface area contributed by atoms with Gasteiger partial charge in [0.05, 0.1) is 18.9 Å². The maximum atomic E-state index is 5.59. The Kier molecular flexibility index (Phi) is 2.61. The normalized spacial score (nSPS) is 15.0. The molecule has 0 aliphatic carbocycles. The third kappa shape index (κ3) is 1.97. The van der Waals surface area contributed by atoms with E-state index >= 15 is 0 Å². The molecule has 2 aromatic carbocycles. The Morgan fingerprint density at radius 1 is 1.00 bits per heavy atom. The highest BCUT2D eigenvalue weighted by molar-refractivity contribution is 6.15. The molecule has 0 bridgehead atoms. The molecular formula is C18H14N4O. The van der Waals surface area contributed by atoms with Crippen molar-refractivity contribution >= 4 is 5.71 Å². The number of nitrogens with zero attached hydrogens (tertiary/aromatic N) is 3. The van der Waals surface area contributed by atoms with E-state index in [2.05, 4.69) is 51.6 Å². The van der Waals surface area contributed by atoms with Gasteiger partial charge in [0.25, 0.3) is 0 Å². The molecule has 5 rings (SSSR count). The Hall–Kier alpha value is -2.95. The first kappa shape index (κ1) is 12.6. The number of ether oxygens (including phenoxy) is 1. The minimum absolute atomic E-state index is 0.731. The largest absolute Gasteiger partial charge is 0.493 e. The van der Waals surface area contributed by atoms with Gasteiger partial charge < -0.3 is 4.74 Å². The number of aromatic amines is 1. The molecule has 0 radical (unpaired) electrons. The molecule has 0 saturated heterocycles. The van der Waals surface area contributed by atoms with Crippen molar-refractivity contribution in [3.05, 3.63) is 65.0 Å². The molecule has 5 nitrogen and oxygen atoms in total. The molecule has 0 saturated carbocycles. The number of benzene rings is 2. The Labute approximate surface area is 133 Å². The number of aromatic nitrogens is 3. The Morgan fingerprint density at radius 2 is 1.96 bits per heavy atom. The average Bonchev–Trinajstić information content (AvgIpc) is 3.32. The van der Waals surface area contributed by atoms with Gasteiger partial charge in [0.1, 0.15) is 12.1 Å². The first-order chi connectivity index (χ1) is 11.4. The van der Waals surface area contributed by atoms with Gasteiger partial charge in [-0.25, -0.2) is 4.98 Å².